The Hall–Kier alpha value is -5.45. The van der Waals surface area contributed by atoms with E-state index in [1.807, 2.05) is 42.5 Å². The molecule has 0 aliphatic heterocycles. The Morgan fingerprint density at radius 2 is 1.86 bits per heavy atom. The van der Waals surface area contributed by atoms with E-state index in [2.05, 4.69) is 25.6 Å². The number of nitrogens with two attached hydrogens (primary N) is 1. The van der Waals surface area contributed by atoms with Gasteiger partial charge in [0.1, 0.15) is 11.6 Å². The number of carbonyl (C=O) groups is 2. The van der Waals surface area contributed by atoms with Crippen molar-refractivity contribution < 1.29 is 19.4 Å². The fourth-order valence-electron chi connectivity index (χ4n) is 3.74. The number of hydrogen-bond donors (Lipinski definition) is 4. The normalized spacial score (nSPS) is 11.2. The van der Waals surface area contributed by atoms with Gasteiger partial charge >= 0.3 is 12.0 Å². The van der Waals surface area contributed by atoms with Gasteiger partial charge in [0, 0.05) is 5.56 Å². The van der Waals surface area contributed by atoms with Gasteiger partial charge < -0.3 is 20.6 Å². The number of aryl methyl sites for hydroxylation is 1. The average Bonchev–Trinajstić information content (AvgIpc) is 3.45. The average molecular weight is 495 g/mol. The first-order valence-corrected chi connectivity index (χ1v) is 11.1. The lowest BCUT2D eigenvalue weighted by Gasteiger charge is -2.10. The molecule has 2 aromatic heterocycles. The molecule has 11 nitrogen and oxygen atoms in total. The fourth-order valence-corrected chi connectivity index (χ4v) is 3.74. The van der Waals surface area contributed by atoms with Gasteiger partial charge in [-0.25, -0.2) is 20.0 Å². The molecule has 5 rings (SSSR count). The number of para-hydroxylation sites is 1. The molecular weight excluding hydrogens is 474 g/mol. The van der Waals surface area contributed by atoms with E-state index in [0.717, 1.165) is 11.3 Å². The summed E-state index contributed by atoms with van der Waals surface area (Å²) in [6, 6.07) is 20.7. The van der Waals surface area contributed by atoms with Crippen molar-refractivity contribution >= 4 is 29.2 Å². The highest BCUT2D eigenvalue weighted by Gasteiger charge is 2.18. The topological polar surface area (TPSA) is 161 Å². The summed E-state index contributed by atoms with van der Waals surface area (Å²) in [7, 11) is 0. The van der Waals surface area contributed by atoms with Crippen LogP contribution in [0.1, 0.15) is 21.6 Å². The molecule has 0 fully saturated rings. The number of rotatable bonds is 7. The molecule has 184 valence electrons. The van der Waals surface area contributed by atoms with Crippen LogP contribution in [-0.4, -0.2) is 43.1 Å². The molecular formula is C26H21N7O4. The van der Waals surface area contributed by atoms with Gasteiger partial charge in [0.05, 0.1) is 39.8 Å². The van der Waals surface area contributed by atoms with Crippen LogP contribution in [-0.2, 0) is 0 Å². The van der Waals surface area contributed by atoms with Gasteiger partial charge in [0.25, 0.3) is 0 Å². The first kappa shape index (κ1) is 23.3. The van der Waals surface area contributed by atoms with Crippen molar-refractivity contribution in [3.05, 3.63) is 89.6 Å². The molecule has 5 aromatic rings. The number of aromatic carboxylic acids is 1. The van der Waals surface area contributed by atoms with Crippen LogP contribution in [0.3, 0.4) is 0 Å². The summed E-state index contributed by atoms with van der Waals surface area (Å²) in [5.41, 5.74) is 11.5. The number of primary amides is 1. The molecule has 11 heteroatoms. The van der Waals surface area contributed by atoms with Crippen LogP contribution >= 0.6 is 0 Å². The van der Waals surface area contributed by atoms with Crippen molar-refractivity contribution in [2.24, 2.45) is 10.8 Å². The zero-order valence-electron chi connectivity index (χ0n) is 19.5. The predicted molar refractivity (Wildman–Crippen MR) is 137 cm³/mol. The Bertz CT molecular complexity index is 1640. The number of ether oxygens (including phenoxy) is 1. The molecule has 0 atom stereocenters. The number of nitrogens with zero attached hydrogens (tertiary/aromatic N) is 4. The number of imidazole rings is 1. The largest absolute Gasteiger partial charge is 0.478 e. The third-order valence-electron chi connectivity index (χ3n) is 5.50. The van der Waals surface area contributed by atoms with Crippen LogP contribution in [0.5, 0.6) is 11.6 Å². The van der Waals surface area contributed by atoms with E-state index in [4.69, 9.17) is 10.5 Å². The lowest BCUT2D eigenvalue weighted by Crippen LogP contribution is -2.24. The Morgan fingerprint density at radius 3 is 2.57 bits per heavy atom. The van der Waals surface area contributed by atoms with E-state index < -0.39 is 12.0 Å². The Balaban J connectivity index is 1.47. The summed E-state index contributed by atoms with van der Waals surface area (Å²) in [5, 5.41) is 17.7. The van der Waals surface area contributed by atoms with Gasteiger partial charge in [-0.05, 0) is 61.5 Å². The van der Waals surface area contributed by atoms with E-state index in [9.17, 15) is 14.7 Å². The summed E-state index contributed by atoms with van der Waals surface area (Å²) in [6.45, 7) is 1.80. The number of amides is 2. The lowest BCUT2D eigenvalue weighted by molar-refractivity contribution is 0.0697. The summed E-state index contributed by atoms with van der Waals surface area (Å²) in [5.74, 6) is 0.526. The van der Waals surface area contributed by atoms with Crippen LogP contribution in [0.25, 0.3) is 28.1 Å². The zero-order chi connectivity index (χ0) is 25.9. The standard InChI is InChI=1S/C26H21N7O4/c1-15-20(14-28-31-26(27)36)24(33(32-15)18-5-3-2-4-6-18)37-19-10-7-16(8-11-19)23-29-21-12-9-17(25(34)35)13-22(21)30-23/h2-14H,1H3,(H,29,30)(H,34,35)(H3,27,31,36)/b28-14+. The molecule has 0 aliphatic rings. The molecule has 0 saturated heterocycles. The van der Waals surface area contributed by atoms with Crippen molar-refractivity contribution in [3.63, 3.8) is 0 Å². The number of carbonyl (C=O) groups excluding carboxylic acids is 1. The number of H-pyrrole nitrogens is 1. The summed E-state index contributed by atoms with van der Waals surface area (Å²) < 4.78 is 7.88. The number of nitrogens with one attached hydrogen (secondary N) is 2. The lowest BCUT2D eigenvalue weighted by atomic mass is 10.2. The number of carboxylic acid groups (broad SMARTS) is 1. The minimum absolute atomic E-state index is 0.183. The Morgan fingerprint density at radius 1 is 1.11 bits per heavy atom. The van der Waals surface area contributed by atoms with Gasteiger partial charge in [0.15, 0.2) is 0 Å². The first-order valence-electron chi connectivity index (χ1n) is 11.1. The Kier molecular flexibility index (Phi) is 6.08. The number of urea groups is 1. The van der Waals surface area contributed by atoms with Gasteiger partial charge in [-0.15, -0.1) is 0 Å². The maximum atomic E-state index is 11.3. The maximum Gasteiger partial charge on any atom is 0.335 e. The van der Waals surface area contributed by atoms with E-state index in [-0.39, 0.29) is 5.56 Å². The molecule has 2 amide bonds. The maximum absolute atomic E-state index is 11.3. The van der Waals surface area contributed by atoms with Crippen LogP contribution in [0.15, 0.2) is 77.9 Å². The number of hydrogen-bond acceptors (Lipinski definition) is 6. The van der Waals surface area contributed by atoms with Crippen LogP contribution in [0.4, 0.5) is 4.79 Å². The molecule has 0 aliphatic carbocycles. The number of fused-ring (bicyclic) bond motifs is 1. The van der Waals surface area contributed by atoms with Crippen molar-refractivity contribution in [2.45, 2.75) is 6.92 Å². The zero-order valence-corrected chi connectivity index (χ0v) is 19.5. The smallest absolute Gasteiger partial charge is 0.335 e. The van der Waals surface area contributed by atoms with E-state index >= 15 is 0 Å². The molecule has 0 bridgehead atoms. The molecule has 0 spiro atoms. The SMILES string of the molecule is Cc1nn(-c2ccccc2)c(Oc2ccc(-c3nc4ccc(C(=O)O)cc4[nH]3)cc2)c1/C=N/NC(N)=O. The van der Waals surface area contributed by atoms with Crippen LogP contribution in [0.2, 0.25) is 0 Å². The third kappa shape index (κ3) is 4.86. The molecule has 5 N–H and O–H groups in total. The highest BCUT2D eigenvalue weighted by Crippen LogP contribution is 2.31. The van der Waals surface area contributed by atoms with Crippen LogP contribution in [0, 0.1) is 6.92 Å². The molecule has 3 aromatic carbocycles. The number of aromatic amines is 1. The van der Waals surface area contributed by atoms with Crippen molar-refractivity contribution in [1.29, 1.82) is 0 Å². The number of aromatic nitrogens is 4. The quantitative estimate of drug-likeness (QED) is 0.195. The molecule has 2 heterocycles. The van der Waals surface area contributed by atoms with Gasteiger partial charge in [0.2, 0.25) is 5.88 Å². The summed E-state index contributed by atoms with van der Waals surface area (Å²) >= 11 is 0. The number of carboxylic acids is 1. The fraction of sp³-hybridized carbons (Fsp3) is 0.0385. The van der Waals surface area contributed by atoms with E-state index in [1.54, 1.807) is 35.9 Å². The van der Waals surface area contributed by atoms with E-state index in [0.29, 0.717) is 39.7 Å². The minimum atomic E-state index is -1.00. The third-order valence-corrected chi connectivity index (χ3v) is 5.50. The second-order valence-corrected chi connectivity index (χ2v) is 8.03. The molecule has 0 saturated carbocycles. The summed E-state index contributed by atoms with van der Waals surface area (Å²) in [6.07, 6.45) is 1.43. The first-order chi connectivity index (χ1) is 17.9. The predicted octanol–water partition coefficient (Wildman–Crippen LogP) is 4.22. The van der Waals surface area contributed by atoms with Crippen LogP contribution < -0.4 is 15.9 Å². The molecule has 0 radical (unpaired) electrons. The number of benzene rings is 3. The minimum Gasteiger partial charge on any atom is -0.478 e. The molecule has 0 unspecified atom stereocenters. The highest BCUT2D eigenvalue weighted by molar-refractivity contribution is 5.93. The van der Waals surface area contributed by atoms with Gasteiger partial charge in [-0.2, -0.15) is 14.9 Å². The molecule has 37 heavy (non-hydrogen) atoms. The second kappa shape index (κ2) is 9.66. The highest BCUT2D eigenvalue weighted by atomic mass is 16.5. The van der Waals surface area contributed by atoms with Gasteiger partial charge in [-0.1, -0.05) is 18.2 Å². The Labute approximate surface area is 210 Å². The summed E-state index contributed by atoms with van der Waals surface area (Å²) in [4.78, 5) is 30.0. The van der Waals surface area contributed by atoms with Crippen molar-refractivity contribution in [2.75, 3.05) is 0 Å². The van der Waals surface area contributed by atoms with E-state index in [1.165, 1.54) is 12.3 Å². The van der Waals surface area contributed by atoms with Gasteiger partial charge in [-0.3, -0.25) is 0 Å². The second-order valence-electron chi connectivity index (χ2n) is 8.03. The number of hydrazone groups is 1. The van der Waals surface area contributed by atoms with Crippen molar-refractivity contribution in [1.82, 2.24) is 25.2 Å². The van der Waals surface area contributed by atoms with Crippen molar-refractivity contribution in [3.8, 4) is 28.7 Å². The monoisotopic (exact) mass is 495 g/mol.